The van der Waals surface area contributed by atoms with Crippen LogP contribution in [0.25, 0.3) is 0 Å². The number of aliphatic hydroxyl groups is 2. The van der Waals surface area contributed by atoms with Crippen LogP contribution in [-0.4, -0.2) is 59.7 Å². The Bertz CT molecular complexity index is 187. The molecule has 0 saturated carbocycles. The van der Waals surface area contributed by atoms with Crippen molar-refractivity contribution in [3.63, 3.8) is 0 Å². The van der Waals surface area contributed by atoms with Crippen LogP contribution in [0.5, 0.6) is 0 Å². The summed E-state index contributed by atoms with van der Waals surface area (Å²) >= 11 is 0. The van der Waals surface area contributed by atoms with Gasteiger partial charge in [0.1, 0.15) is 0 Å². The quantitative estimate of drug-likeness (QED) is 0.703. The lowest BCUT2D eigenvalue weighted by Gasteiger charge is -2.35. The Morgan fingerprint density at radius 1 is 1.38 bits per heavy atom. The zero-order chi connectivity index (χ0) is 12.0. The molecule has 2 N–H and O–H groups in total. The van der Waals surface area contributed by atoms with E-state index in [1.165, 1.54) is 6.42 Å². The third-order valence-corrected chi connectivity index (χ3v) is 3.03. The molecule has 0 bridgehead atoms. The summed E-state index contributed by atoms with van der Waals surface area (Å²) in [7, 11) is 0. The molecule has 1 heterocycles. The second-order valence-electron chi connectivity index (χ2n) is 4.86. The van der Waals surface area contributed by atoms with Crippen LogP contribution in [-0.2, 0) is 4.74 Å². The molecule has 0 aromatic heterocycles. The smallest absolute Gasteiger partial charge is 0.0900 e. The molecule has 4 nitrogen and oxygen atoms in total. The van der Waals surface area contributed by atoms with Gasteiger partial charge < -0.3 is 14.9 Å². The summed E-state index contributed by atoms with van der Waals surface area (Å²) in [6.07, 6.45) is 3.09. The lowest BCUT2D eigenvalue weighted by molar-refractivity contribution is -0.0236. The van der Waals surface area contributed by atoms with Crippen molar-refractivity contribution in [1.29, 1.82) is 0 Å². The number of piperidine rings is 1. The van der Waals surface area contributed by atoms with Crippen LogP contribution in [0.15, 0.2) is 0 Å². The van der Waals surface area contributed by atoms with E-state index < -0.39 is 6.10 Å². The van der Waals surface area contributed by atoms with Crippen molar-refractivity contribution in [1.82, 2.24) is 4.90 Å². The summed E-state index contributed by atoms with van der Waals surface area (Å²) in [5.74, 6) is 0. The number of hydrogen-bond donors (Lipinski definition) is 2. The van der Waals surface area contributed by atoms with Crippen molar-refractivity contribution in [3.05, 3.63) is 0 Å². The second kappa shape index (κ2) is 7.22. The van der Waals surface area contributed by atoms with Gasteiger partial charge in [0.2, 0.25) is 0 Å². The Labute approximate surface area is 98.2 Å². The SMILES string of the molecule is CC(C)OCC(O)CN1CCCCC1CO. The Morgan fingerprint density at radius 3 is 2.75 bits per heavy atom. The monoisotopic (exact) mass is 231 g/mol. The summed E-state index contributed by atoms with van der Waals surface area (Å²) in [4.78, 5) is 2.18. The topological polar surface area (TPSA) is 52.9 Å². The third-order valence-electron chi connectivity index (χ3n) is 3.03. The first-order valence-electron chi connectivity index (χ1n) is 6.28. The molecule has 0 aromatic rings. The van der Waals surface area contributed by atoms with Gasteiger partial charge in [-0.2, -0.15) is 0 Å². The summed E-state index contributed by atoms with van der Waals surface area (Å²) in [6.45, 7) is 6.08. The van der Waals surface area contributed by atoms with Gasteiger partial charge in [-0.3, -0.25) is 4.90 Å². The molecule has 4 heteroatoms. The Balaban J connectivity index is 2.27. The minimum absolute atomic E-state index is 0.157. The minimum atomic E-state index is -0.449. The van der Waals surface area contributed by atoms with Gasteiger partial charge in [-0.05, 0) is 33.2 Å². The van der Waals surface area contributed by atoms with Crippen molar-refractivity contribution in [2.45, 2.75) is 51.4 Å². The van der Waals surface area contributed by atoms with E-state index in [4.69, 9.17) is 4.74 Å². The summed E-state index contributed by atoms with van der Waals surface area (Å²) < 4.78 is 5.37. The fourth-order valence-corrected chi connectivity index (χ4v) is 2.13. The summed E-state index contributed by atoms with van der Waals surface area (Å²) in [5.41, 5.74) is 0. The molecular formula is C12H25NO3. The molecule has 96 valence electrons. The first-order valence-corrected chi connectivity index (χ1v) is 6.28. The van der Waals surface area contributed by atoms with E-state index >= 15 is 0 Å². The highest BCUT2D eigenvalue weighted by Crippen LogP contribution is 2.16. The first kappa shape index (κ1) is 13.9. The largest absolute Gasteiger partial charge is 0.395 e. The predicted octanol–water partition coefficient (Wildman–Crippen LogP) is 0.619. The molecule has 0 spiro atoms. The van der Waals surface area contributed by atoms with Crippen LogP contribution in [0.3, 0.4) is 0 Å². The predicted molar refractivity (Wildman–Crippen MR) is 63.4 cm³/mol. The molecule has 1 rings (SSSR count). The van der Waals surface area contributed by atoms with Crippen molar-refractivity contribution >= 4 is 0 Å². The molecule has 2 atom stereocenters. The molecule has 1 aliphatic rings. The number of rotatable bonds is 6. The molecule has 0 radical (unpaired) electrons. The fraction of sp³-hybridized carbons (Fsp3) is 1.00. The van der Waals surface area contributed by atoms with E-state index in [0.717, 1.165) is 19.4 Å². The number of aliphatic hydroxyl groups excluding tert-OH is 2. The van der Waals surface area contributed by atoms with Crippen LogP contribution >= 0.6 is 0 Å². The molecule has 0 aromatic carbocycles. The lowest BCUT2D eigenvalue weighted by Crippen LogP contribution is -2.46. The van der Waals surface area contributed by atoms with Gasteiger partial charge >= 0.3 is 0 Å². The van der Waals surface area contributed by atoms with Crippen LogP contribution in [0.1, 0.15) is 33.1 Å². The number of hydrogen-bond acceptors (Lipinski definition) is 4. The Morgan fingerprint density at radius 2 is 2.12 bits per heavy atom. The van der Waals surface area contributed by atoms with E-state index in [0.29, 0.717) is 13.2 Å². The van der Waals surface area contributed by atoms with Gasteiger partial charge in [-0.15, -0.1) is 0 Å². The second-order valence-corrected chi connectivity index (χ2v) is 4.86. The van der Waals surface area contributed by atoms with Crippen LogP contribution in [0.4, 0.5) is 0 Å². The first-order chi connectivity index (χ1) is 7.63. The standard InChI is InChI=1S/C12H25NO3/c1-10(2)16-9-12(15)7-13-6-4-3-5-11(13)8-14/h10-12,14-15H,3-9H2,1-2H3. The van der Waals surface area contributed by atoms with E-state index in [2.05, 4.69) is 4.90 Å². The van der Waals surface area contributed by atoms with Gasteiger partial charge in [0.25, 0.3) is 0 Å². The normalized spacial score (nSPS) is 24.9. The molecule has 0 aliphatic carbocycles. The van der Waals surface area contributed by atoms with Crippen molar-refractivity contribution in [2.24, 2.45) is 0 Å². The van der Waals surface area contributed by atoms with Gasteiger partial charge in [0, 0.05) is 12.6 Å². The number of nitrogens with zero attached hydrogens (tertiary/aromatic N) is 1. The van der Waals surface area contributed by atoms with Crippen LogP contribution in [0, 0.1) is 0 Å². The molecular weight excluding hydrogens is 206 g/mol. The third kappa shape index (κ3) is 4.78. The van der Waals surface area contributed by atoms with E-state index in [9.17, 15) is 10.2 Å². The molecule has 1 aliphatic heterocycles. The van der Waals surface area contributed by atoms with Gasteiger partial charge in [-0.1, -0.05) is 6.42 Å². The number of ether oxygens (including phenoxy) is 1. The molecule has 1 saturated heterocycles. The molecule has 2 unspecified atom stereocenters. The molecule has 16 heavy (non-hydrogen) atoms. The van der Waals surface area contributed by atoms with E-state index in [-0.39, 0.29) is 18.8 Å². The average Bonchev–Trinajstić information content (AvgIpc) is 2.27. The van der Waals surface area contributed by atoms with Crippen LogP contribution in [0.2, 0.25) is 0 Å². The van der Waals surface area contributed by atoms with Crippen LogP contribution < -0.4 is 0 Å². The lowest BCUT2D eigenvalue weighted by atomic mass is 10.0. The molecule has 1 fully saturated rings. The highest BCUT2D eigenvalue weighted by atomic mass is 16.5. The number of likely N-dealkylation sites (tertiary alicyclic amines) is 1. The summed E-state index contributed by atoms with van der Waals surface area (Å²) in [6, 6.07) is 0.224. The van der Waals surface area contributed by atoms with E-state index in [1.807, 2.05) is 13.8 Å². The van der Waals surface area contributed by atoms with E-state index in [1.54, 1.807) is 0 Å². The fourth-order valence-electron chi connectivity index (χ4n) is 2.13. The highest BCUT2D eigenvalue weighted by molar-refractivity contribution is 4.78. The zero-order valence-electron chi connectivity index (χ0n) is 10.4. The average molecular weight is 231 g/mol. The van der Waals surface area contributed by atoms with Crippen molar-refractivity contribution < 1.29 is 14.9 Å². The maximum absolute atomic E-state index is 9.82. The van der Waals surface area contributed by atoms with Gasteiger partial charge in [-0.25, -0.2) is 0 Å². The Hall–Kier alpha value is -0.160. The van der Waals surface area contributed by atoms with Crippen molar-refractivity contribution in [3.8, 4) is 0 Å². The van der Waals surface area contributed by atoms with Gasteiger partial charge in [0.15, 0.2) is 0 Å². The Kier molecular flexibility index (Phi) is 6.28. The maximum atomic E-state index is 9.82. The van der Waals surface area contributed by atoms with Crippen molar-refractivity contribution in [2.75, 3.05) is 26.3 Å². The number of β-amino-alcohol motifs (C(OH)–C–C–N with tert-alkyl or cyclic N) is 1. The maximum Gasteiger partial charge on any atom is 0.0900 e. The van der Waals surface area contributed by atoms with Gasteiger partial charge in [0.05, 0.1) is 25.4 Å². The summed E-state index contributed by atoms with van der Waals surface area (Å²) in [5, 5.41) is 19.1. The highest BCUT2D eigenvalue weighted by Gasteiger charge is 2.23. The zero-order valence-corrected chi connectivity index (χ0v) is 10.4. The minimum Gasteiger partial charge on any atom is -0.395 e. The molecule has 0 amide bonds.